The monoisotopic (exact) mass is 370 g/mol. The predicted molar refractivity (Wildman–Crippen MR) is 100 cm³/mol. The van der Waals surface area contributed by atoms with E-state index in [2.05, 4.69) is 5.10 Å². The molecule has 6 heteroatoms. The largest absolute Gasteiger partial charge is 0.496 e. The van der Waals surface area contributed by atoms with E-state index in [4.69, 9.17) is 4.74 Å². The lowest BCUT2D eigenvalue weighted by Crippen LogP contribution is -2.20. The molecule has 1 aromatic heterocycles. The van der Waals surface area contributed by atoms with Crippen molar-refractivity contribution >= 4 is 22.7 Å². The first-order chi connectivity index (χ1) is 12.7. The van der Waals surface area contributed by atoms with Gasteiger partial charge in [0.05, 0.1) is 29.4 Å². The number of hydrogen-bond acceptors (Lipinski definition) is 4. The maximum absolute atomic E-state index is 14.5. The molecule has 0 N–H and O–H groups in total. The third-order valence-corrected chi connectivity index (χ3v) is 5.29. The Morgan fingerprint density at radius 2 is 1.96 bits per heavy atom. The molecule has 1 atom stereocenters. The number of methoxy groups -OCH3 is 1. The van der Waals surface area contributed by atoms with E-state index in [1.165, 1.54) is 12.1 Å². The second kappa shape index (κ2) is 6.88. The minimum absolute atomic E-state index is 0.233. The lowest BCUT2D eigenvalue weighted by atomic mass is 9.99. The number of rotatable bonds is 4. The minimum atomic E-state index is -0.638. The van der Waals surface area contributed by atoms with E-state index in [1.54, 1.807) is 23.5 Å². The molecule has 26 heavy (non-hydrogen) atoms. The molecular formula is C20H16F2N2OS. The number of anilines is 1. The van der Waals surface area contributed by atoms with Gasteiger partial charge in [0.25, 0.3) is 0 Å². The minimum Gasteiger partial charge on any atom is -0.496 e. The molecule has 0 aliphatic carbocycles. The van der Waals surface area contributed by atoms with Crippen LogP contribution in [0.25, 0.3) is 0 Å². The van der Waals surface area contributed by atoms with E-state index in [-0.39, 0.29) is 11.7 Å². The molecule has 1 aliphatic heterocycles. The van der Waals surface area contributed by atoms with Crippen LogP contribution in [-0.2, 0) is 0 Å². The summed E-state index contributed by atoms with van der Waals surface area (Å²) in [6, 6.07) is 14.9. The van der Waals surface area contributed by atoms with Crippen molar-refractivity contribution in [2.75, 3.05) is 12.1 Å². The Bertz CT molecular complexity index is 956. The molecule has 132 valence electrons. The van der Waals surface area contributed by atoms with Gasteiger partial charge in [-0.05, 0) is 29.6 Å². The molecule has 4 rings (SSSR count). The van der Waals surface area contributed by atoms with Crippen LogP contribution >= 0.6 is 11.3 Å². The fourth-order valence-electron chi connectivity index (χ4n) is 3.18. The van der Waals surface area contributed by atoms with Gasteiger partial charge >= 0.3 is 0 Å². The highest BCUT2D eigenvalue weighted by atomic mass is 32.1. The first-order valence-corrected chi connectivity index (χ1v) is 9.04. The summed E-state index contributed by atoms with van der Waals surface area (Å²) < 4.78 is 33.3. The van der Waals surface area contributed by atoms with Crippen LogP contribution in [0.1, 0.15) is 22.9 Å². The van der Waals surface area contributed by atoms with Gasteiger partial charge in [0, 0.05) is 18.1 Å². The number of hydrogen-bond donors (Lipinski definition) is 0. The highest BCUT2D eigenvalue weighted by Crippen LogP contribution is 2.41. The topological polar surface area (TPSA) is 24.8 Å². The quantitative estimate of drug-likeness (QED) is 0.615. The number of hydrazone groups is 1. The first-order valence-electron chi connectivity index (χ1n) is 8.16. The number of ether oxygens (including phenoxy) is 1. The number of thiophene rings is 1. The summed E-state index contributed by atoms with van der Waals surface area (Å²) in [7, 11) is 1.61. The van der Waals surface area contributed by atoms with Crippen LogP contribution in [0.15, 0.2) is 65.1 Å². The molecule has 3 nitrogen and oxygen atoms in total. The molecule has 0 spiro atoms. The van der Waals surface area contributed by atoms with Gasteiger partial charge in [-0.3, -0.25) is 5.01 Å². The number of nitrogens with zero attached hydrogens (tertiary/aromatic N) is 2. The van der Waals surface area contributed by atoms with E-state index in [0.29, 0.717) is 12.2 Å². The van der Waals surface area contributed by atoms with Crippen LogP contribution in [0.2, 0.25) is 0 Å². The standard InChI is InChI=1S/C20H16F2N2OS/c1-25-19-6-3-2-5-14(19)18-12-16(20-7-4-10-26-20)23-24(18)17-9-8-13(21)11-15(17)22/h2-11,18H,12H2,1H3. The van der Waals surface area contributed by atoms with Gasteiger partial charge in [0.1, 0.15) is 11.6 Å². The van der Waals surface area contributed by atoms with Crippen molar-refractivity contribution in [2.24, 2.45) is 5.10 Å². The van der Waals surface area contributed by atoms with Gasteiger partial charge in [0.2, 0.25) is 0 Å². The van der Waals surface area contributed by atoms with Gasteiger partial charge in [-0.25, -0.2) is 8.78 Å². The number of halogens is 2. The van der Waals surface area contributed by atoms with Crippen molar-refractivity contribution in [1.29, 1.82) is 0 Å². The maximum atomic E-state index is 14.5. The van der Waals surface area contributed by atoms with E-state index < -0.39 is 11.6 Å². The Hall–Kier alpha value is -2.73. The zero-order valence-electron chi connectivity index (χ0n) is 14.0. The Morgan fingerprint density at radius 1 is 1.12 bits per heavy atom. The SMILES string of the molecule is COc1ccccc1C1CC(c2cccs2)=NN1c1ccc(F)cc1F. The first kappa shape index (κ1) is 16.7. The van der Waals surface area contributed by atoms with Crippen LogP contribution in [0.4, 0.5) is 14.5 Å². The van der Waals surface area contributed by atoms with E-state index in [9.17, 15) is 8.78 Å². The average Bonchev–Trinajstić information content (AvgIpc) is 3.31. The maximum Gasteiger partial charge on any atom is 0.151 e. The van der Waals surface area contributed by atoms with Gasteiger partial charge in [-0.1, -0.05) is 24.3 Å². The summed E-state index contributed by atoms with van der Waals surface area (Å²) in [5, 5.41) is 8.28. The molecular weight excluding hydrogens is 354 g/mol. The van der Waals surface area contributed by atoms with Crippen LogP contribution < -0.4 is 9.75 Å². The van der Waals surface area contributed by atoms with E-state index in [0.717, 1.165) is 22.2 Å². The summed E-state index contributed by atoms with van der Waals surface area (Å²) in [5.41, 5.74) is 2.03. The van der Waals surface area contributed by atoms with Crippen molar-refractivity contribution in [3.05, 3.63) is 82.1 Å². The summed E-state index contributed by atoms with van der Waals surface area (Å²) in [4.78, 5) is 1.04. The van der Waals surface area contributed by atoms with Crippen LogP contribution in [0.5, 0.6) is 5.75 Å². The second-order valence-corrected chi connectivity index (χ2v) is 6.87. The fourth-order valence-corrected chi connectivity index (χ4v) is 3.90. The second-order valence-electron chi connectivity index (χ2n) is 5.93. The van der Waals surface area contributed by atoms with E-state index >= 15 is 0 Å². The molecule has 3 aromatic rings. The third kappa shape index (κ3) is 2.97. The molecule has 0 bridgehead atoms. The molecule has 1 aliphatic rings. The molecule has 0 radical (unpaired) electrons. The summed E-state index contributed by atoms with van der Waals surface area (Å²) in [6.45, 7) is 0. The zero-order valence-corrected chi connectivity index (χ0v) is 14.8. The van der Waals surface area contributed by atoms with Gasteiger partial charge < -0.3 is 4.74 Å². The molecule has 1 unspecified atom stereocenters. The Morgan fingerprint density at radius 3 is 2.69 bits per heavy atom. The zero-order chi connectivity index (χ0) is 18.1. The van der Waals surface area contributed by atoms with Crippen LogP contribution in [-0.4, -0.2) is 12.8 Å². The average molecular weight is 370 g/mol. The molecule has 2 aromatic carbocycles. The Balaban J connectivity index is 1.82. The number of benzene rings is 2. The fraction of sp³-hybridized carbons (Fsp3) is 0.150. The molecule has 0 saturated carbocycles. The van der Waals surface area contributed by atoms with Gasteiger partial charge in [-0.15, -0.1) is 11.3 Å². The van der Waals surface area contributed by atoms with Crippen molar-refractivity contribution in [1.82, 2.24) is 0 Å². The lowest BCUT2D eigenvalue weighted by Gasteiger charge is -2.25. The van der Waals surface area contributed by atoms with Gasteiger partial charge in [-0.2, -0.15) is 5.10 Å². The Labute approximate surface area is 154 Å². The predicted octanol–water partition coefficient (Wildman–Crippen LogP) is 5.39. The summed E-state index contributed by atoms with van der Waals surface area (Å²) in [6.07, 6.45) is 0.609. The normalized spacial score (nSPS) is 16.7. The highest BCUT2D eigenvalue weighted by molar-refractivity contribution is 7.12. The number of para-hydroxylation sites is 1. The lowest BCUT2D eigenvalue weighted by molar-refractivity contribution is 0.405. The van der Waals surface area contributed by atoms with Crippen molar-refractivity contribution in [3.63, 3.8) is 0 Å². The summed E-state index contributed by atoms with van der Waals surface area (Å²) >= 11 is 1.59. The highest BCUT2D eigenvalue weighted by Gasteiger charge is 2.33. The molecule has 0 fully saturated rings. The third-order valence-electron chi connectivity index (χ3n) is 4.37. The molecule has 0 amide bonds. The van der Waals surface area contributed by atoms with Crippen LogP contribution in [0.3, 0.4) is 0 Å². The molecule has 2 heterocycles. The van der Waals surface area contributed by atoms with Crippen molar-refractivity contribution in [2.45, 2.75) is 12.5 Å². The smallest absolute Gasteiger partial charge is 0.151 e. The van der Waals surface area contributed by atoms with Crippen LogP contribution in [0, 0.1) is 11.6 Å². The Kier molecular flexibility index (Phi) is 4.42. The van der Waals surface area contributed by atoms with E-state index in [1.807, 2.05) is 41.8 Å². The van der Waals surface area contributed by atoms with Crippen molar-refractivity contribution in [3.8, 4) is 5.75 Å². The van der Waals surface area contributed by atoms with Crippen molar-refractivity contribution < 1.29 is 13.5 Å². The van der Waals surface area contributed by atoms with Gasteiger partial charge in [0.15, 0.2) is 5.82 Å². The summed E-state index contributed by atoms with van der Waals surface area (Å²) in [5.74, 6) is -0.532. The molecule has 0 saturated heterocycles.